The number of hydrogen-bond acceptors (Lipinski definition) is 5. The number of thiazole rings is 1. The molecule has 0 bridgehead atoms. The van der Waals surface area contributed by atoms with Crippen LogP contribution in [-0.2, 0) is 10.0 Å². The molecule has 5 nitrogen and oxygen atoms in total. The van der Waals surface area contributed by atoms with Crippen molar-refractivity contribution in [1.29, 1.82) is 0 Å². The number of aromatic nitrogens is 1. The monoisotopic (exact) mass is 341 g/mol. The third-order valence-electron chi connectivity index (χ3n) is 3.57. The average Bonchev–Trinajstić information content (AvgIpc) is 2.94. The van der Waals surface area contributed by atoms with Gasteiger partial charge in [0.1, 0.15) is 5.82 Å². The molecule has 1 aliphatic rings. The third-order valence-corrected chi connectivity index (χ3v) is 6.50. The van der Waals surface area contributed by atoms with Gasteiger partial charge in [-0.1, -0.05) is 0 Å². The molecule has 0 radical (unpaired) electrons. The summed E-state index contributed by atoms with van der Waals surface area (Å²) in [6.07, 6.45) is 0. The van der Waals surface area contributed by atoms with Crippen LogP contribution in [0.3, 0.4) is 0 Å². The van der Waals surface area contributed by atoms with Crippen molar-refractivity contribution in [2.75, 3.05) is 31.1 Å². The molecule has 0 atom stereocenters. The minimum Gasteiger partial charge on any atom is -0.345 e. The predicted octanol–water partition coefficient (Wildman–Crippen LogP) is 2.10. The van der Waals surface area contributed by atoms with Gasteiger partial charge >= 0.3 is 0 Å². The third kappa shape index (κ3) is 2.99. The highest BCUT2D eigenvalue weighted by atomic mass is 32.2. The first-order valence-electron chi connectivity index (χ1n) is 6.89. The number of rotatable bonds is 3. The summed E-state index contributed by atoms with van der Waals surface area (Å²) in [6, 6.07) is 4.95. The standard InChI is InChI=1S/C14H16FN3O2S2/c1-11-10-21-14(16-11)17-6-8-18(9-7-17)22(19,20)13-4-2-12(15)3-5-13/h2-5,10H,6-9H2,1H3. The quantitative estimate of drug-likeness (QED) is 0.858. The maximum Gasteiger partial charge on any atom is 0.243 e. The maximum absolute atomic E-state index is 12.9. The lowest BCUT2D eigenvalue weighted by atomic mass is 10.4. The minimum absolute atomic E-state index is 0.132. The molecule has 2 heterocycles. The predicted molar refractivity (Wildman–Crippen MR) is 84.2 cm³/mol. The molecule has 0 saturated carbocycles. The van der Waals surface area contributed by atoms with Crippen LogP contribution in [0.15, 0.2) is 34.5 Å². The number of anilines is 1. The number of sulfonamides is 1. The minimum atomic E-state index is -3.56. The second kappa shape index (κ2) is 5.94. The summed E-state index contributed by atoms with van der Waals surface area (Å²) in [7, 11) is -3.56. The Morgan fingerprint density at radius 3 is 2.32 bits per heavy atom. The number of benzene rings is 1. The van der Waals surface area contributed by atoms with Crippen LogP contribution in [0.4, 0.5) is 9.52 Å². The van der Waals surface area contributed by atoms with E-state index < -0.39 is 15.8 Å². The molecule has 0 spiro atoms. The van der Waals surface area contributed by atoms with Crippen LogP contribution in [0.5, 0.6) is 0 Å². The zero-order chi connectivity index (χ0) is 15.7. The lowest BCUT2D eigenvalue weighted by Crippen LogP contribution is -2.48. The van der Waals surface area contributed by atoms with E-state index >= 15 is 0 Å². The van der Waals surface area contributed by atoms with E-state index in [4.69, 9.17) is 0 Å². The van der Waals surface area contributed by atoms with Crippen molar-refractivity contribution in [2.24, 2.45) is 0 Å². The van der Waals surface area contributed by atoms with Crippen molar-refractivity contribution in [3.8, 4) is 0 Å². The van der Waals surface area contributed by atoms with Crippen LogP contribution < -0.4 is 4.90 Å². The largest absolute Gasteiger partial charge is 0.345 e. The molecular weight excluding hydrogens is 325 g/mol. The smallest absolute Gasteiger partial charge is 0.243 e. The van der Waals surface area contributed by atoms with Gasteiger partial charge < -0.3 is 4.90 Å². The molecular formula is C14H16FN3O2S2. The van der Waals surface area contributed by atoms with Gasteiger partial charge in [0.15, 0.2) is 5.13 Å². The van der Waals surface area contributed by atoms with Crippen molar-refractivity contribution in [2.45, 2.75) is 11.8 Å². The Bertz CT molecular complexity index is 751. The van der Waals surface area contributed by atoms with Crippen LogP contribution in [0.1, 0.15) is 5.69 Å². The fourth-order valence-electron chi connectivity index (χ4n) is 2.36. The number of aryl methyl sites for hydroxylation is 1. The zero-order valence-electron chi connectivity index (χ0n) is 12.1. The van der Waals surface area contributed by atoms with Crippen molar-refractivity contribution >= 4 is 26.5 Å². The second-order valence-corrected chi connectivity index (χ2v) is 7.89. The van der Waals surface area contributed by atoms with E-state index in [9.17, 15) is 12.8 Å². The lowest BCUT2D eigenvalue weighted by molar-refractivity contribution is 0.384. The highest BCUT2D eigenvalue weighted by Gasteiger charge is 2.29. The van der Waals surface area contributed by atoms with Gasteiger partial charge in [0.05, 0.1) is 10.6 Å². The van der Waals surface area contributed by atoms with E-state index in [1.807, 2.05) is 12.3 Å². The highest BCUT2D eigenvalue weighted by molar-refractivity contribution is 7.89. The molecule has 8 heteroatoms. The first kappa shape index (κ1) is 15.4. The van der Waals surface area contributed by atoms with Crippen LogP contribution in [-0.4, -0.2) is 43.9 Å². The number of hydrogen-bond donors (Lipinski definition) is 0. The fraction of sp³-hybridized carbons (Fsp3) is 0.357. The SMILES string of the molecule is Cc1csc(N2CCN(S(=O)(=O)c3ccc(F)cc3)CC2)n1. The van der Waals surface area contributed by atoms with E-state index in [1.165, 1.54) is 28.6 Å². The van der Waals surface area contributed by atoms with E-state index in [0.29, 0.717) is 26.2 Å². The summed E-state index contributed by atoms with van der Waals surface area (Å²) in [5, 5.41) is 2.91. The van der Waals surface area contributed by atoms with Gasteiger partial charge in [-0.05, 0) is 31.2 Å². The summed E-state index contributed by atoms with van der Waals surface area (Å²) in [5.41, 5.74) is 0.973. The molecule has 1 aromatic carbocycles. The van der Waals surface area contributed by atoms with Crippen LogP contribution in [0, 0.1) is 12.7 Å². The molecule has 0 unspecified atom stereocenters. The molecule has 22 heavy (non-hydrogen) atoms. The second-order valence-electron chi connectivity index (χ2n) is 5.12. The molecule has 0 aliphatic carbocycles. The van der Waals surface area contributed by atoms with E-state index in [2.05, 4.69) is 9.88 Å². The molecule has 1 aliphatic heterocycles. The Morgan fingerprint density at radius 2 is 1.77 bits per heavy atom. The highest BCUT2D eigenvalue weighted by Crippen LogP contribution is 2.23. The average molecular weight is 341 g/mol. The van der Waals surface area contributed by atoms with E-state index in [1.54, 1.807) is 11.3 Å². The molecule has 2 aromatic rings. The van der Waals surface area contributed by atoms with Crippen molar-refractivity contribution in [3.63, 3.8) is 0 Å². The molecule has 1 saturated heterocycles. The normalized spacial score (nSPS) is 16.9. The Labute approximate surface area is 133 Å². The number of piperazine rings is 1. The van der Waals surface area contributed by atoms with Gasteiger partial charge in [-0.3, -0.25) is 0 Å². The molecule has 0 amide bonds. The van der Waals surface area contributed by atoms with Gasteiger partial charge in [-0.15, -0.1) is 11.3 Å². The fourth-order valence-corrected chi connectivity index (χ4v) is 4.64. The molecule has 0 N–H and O–H groups in total. The van der Waals surface area contributed by atoms with Crippen molar-refractivity contribution < 1.29 is 12.8 Å². The van der Waals surface area contributed by atoms with Gasteiger partial charge in [-0.25, -0.2) is 17.8 Å². The first-order valence-corrected chi connectivity index (χ1v) is 9.21. The van der Waals surface area contributed by atoms with Crippen LogP contribution >= 0.6 is 11.3 Å². The maximum atomic E-state index is 12.9. The molecule has 118 valence electrons. The van der Waals surface area contributed by atoms with E-state index in [-0.39, 0.29) is 4.90 Å². The molecule has 3 rings (SSSR count). The Morgan fingerprint density at radius 1 is 1.14 bits per heavy atom. The van der Waals surface area contributed by atoms with Crippen molar-refractivity contribution in [1.82, 2.24) is 9.29 Å². The number of halogens is 1. The van der Waals surface area contributed by atoms with Crippen molar-refractivity contribution in [3.05, 3.63) is 41.2 Å². The number of nitrogens with zero attached hydrogens (tertiary/aromatic N) is 3. The Balaban J connectivity index is 1.71. The summed E-state index contributed by atoms with van der Waals surface area (Å²) in [4.78, 5) is 6.65. The first-order chi connectivity index (χ1) is 10.5. The van der Waals surface area contributed by atoms with Crippen LogP contribution in [0.25, 0.3) is 0 Å². The van der Waals surface area contributed by atoms with E-state index in [0.717, 1.165) is 10.8 Å². The summed E-state index contributed by atoms with van der Waals surface area (Å²) in [5.74, 6) is -0.442. The van der Waals surface area contributed by atoms with Gasteiger partial charge in [-0.2, -0.15) is 4.31 Å². The summed E-state index contributed by atoms with van der Waals surface area (Å²) < 4.78 is 39.4. The summed E-state index contributed by atoms with van der Waals surface area (Å²) in [6.45, 7) is 3.95. The van der Waals surface area contributed by atoms with Gasteiger partial charge in [0.25, 0.3) is 0 Å². The lowest BCUT2D eigenvalue weighted by Gasteiger charge is -2.33. The molecule has 1 aromatic heterocycles. The van der Waals surface area contributed by atoms with Gasteiger partial charge in [0, 0.05) is 31.6 Å². The molecule has 1 fully saturated rings. The Hall–Kier alpha value is -1.51. The zero-order valence-corrected chi connectivity index (χ0v) is 13.7. The Kier molecular flexibility index (Phi) is 4.16. The topological polar surface area (TPSA) is 53.5 Å². The van der Waals surface area contributed by atoms with Gasteiger partial charge in [0.2, 0.25) is 10.0 Å². The van der Waals surface area contributed by atoms with Crippen LogP contribution in [0.2, 0.25) is 0 Å². The summed E-state index contributed by atoms with van der Waals surface area (Å²) >= 11 is 1.57.